The van der Waals surface area contributed by atoms with Gasteiger partial charge >= 0.3 is 0 Å². The van der Waals surface area contributed by atoms with Crippen molar-refractivity contribution in [2.75, 3.05) is 6.54 Å². The molecule has 22 heavy (non-hydrogen) atoms. The van der Waals surface area contributed by atoms with Crippen LogP contribution in [-0.2, 0) is 0 Å². The fourth-order valence-corrected chi connectivity index (χ4v) is 3.04. The lowest BCUT2D eigenvalue weighted by molar-refractivity contribution is 0.362. The van der Waals surface area contributed by atoms with Crippen molar-refractivity contribution in [2.45, 2.75) is 47.5 Å². The predicted molar refractivity (Wildman–Crippen MR) is 99.7 cm³/mol. The molecule has 0 radical (unpaired) electrons. The van der Waals surface area contributed by atoms with Crippen molar-refractivity contribution < 1.29 is 0 Å². The summed E-state index contributed by atoms with van der Waals surface area (Å²) in [4.78, 5) is 0. The topological polar surface area (TPSA) is 12.0 Å². The zero-order valence-electron chi connectivity index (χ0n) is 15.0. The number of allylic oxidation sites excluding steroid dienone is 9. The molecule has 0 fully saturated rings. The largest absolute Gasteiger partial charge is 0.388 e. The third-order valence-corrected chi connectivity index (χ3v) is 4.82. The smallest absolute Gasteiger partial charge is 0.0175 e. The maximum atomic E-state index is 3.81. The van der Waals surface area contributed by atoms with E-state index in [9.17, 15) is 0 Å². The zero-order chi connectivity index (χ0) is 16.5. The molecular weight excluding hydrogens is 266 g/mol. The molecule has 0 aromatic carbocycles. The van der Waals surface area contributed by atoms with Crippen LogP contribution in [0.2, 0.25) is 0 Å². The van der Waals surface area contributed by atoms with E-state index in [0.29, 0.717) is 17.8 Å². The molecule has 0 saturated carbocycles. The second-order valence-corrected chi connectivity index (χ2v) is 6.42. The van der Waals surface area contributed by atoms with Gasteiger partial charge in [0.15, 0.2) is 0 Å². The van der Waals surface area contributed by atoms with Gasteiger partial charge in [-0.1, -0.05) is 69.4 Å². The standard InChI is InChI=1S/C21H33N/c1-7-10-12-19(16(4)9-3)14-21-17(5)15-22-18(6)20(21)13-11-8-2/h7-8,10-13,16-17,21-22H,2,9,14-15H2,1,3-6H3/b10-7-,13-11-,19-12-. The summed E-state index contributed by atoms with van der Waals surface area (Å²) in [6.45, 7) is 16.1. The molecule has 1 heterocycles. The third-order valence-electron chi connectivity index (χ3n) is 4.82. The van der Waals surface area contributed by atoms with E-state index in [4.69, 9.17) is 0 Å². The van der Waals surface area contributed by atoms with Crippen LogP contribution in [0.1, 0.15) is 47.5 Å². The molecule has 1 aliphatic heterocycles. The lowest BCUT2D eigenvalue weighted by Gasteiger charge is -2.34. The van der Waals surface area contributed by atoms with Gasteiger partial charge in [0.05, 0.1) is 0 Å². The van der Waals surface area contributed by atoms with Crippen molar-refractivity contribution in [1.82, 2.24) is 5.32 Å². The van der Waals surface area contributed by atoms with Gasteiger partial charge in [-0.3, -0.25) is 0 Å². The summed E-state index contributed by atoms with van der Waals surface area (Å²) in [6.07, 6.45) is 15.1. The summed E-state index contributed by atoms with van der Waals surface area (Å²) in [6, 6.07) is 0. The first-order valence-corrected chi connectivity index (χ1v) is 8.60. The molecule has 0 amide bonds. The van der Waals surface area contributed by atoms with Crippen LogP contribution in [0.4, 0.5) is 0 Å². The quantitative estimate of drug-likeness (QED) is 0.586. The summed E-state index contributed by atoms with van der Waals surface area (Å²) in [5.41, 5.74) is 4.32. The molecule has 1 rings (SSSR count). The van der Waals surface area contributed by atoms with Crippen LogP contribution >= 0.6 is 0 Å². The van der Waals surface area contributed by atoms with Crippen LogP contribution in [0.3, 0.4) is 0 Å². The molecule has 0 aliphatic carbocycles. The van der Waals surface area contributed by atoms with Gasteiger partial charge in [-0.05, 0) is 50.0 Å². The summed E-state index contributed by atoms with van der Waals surface area (Å²) in [5.74, 6) is 1.87. The lowest BCUT2D eigenvalue weighted by atomic mass is 9.76. The first-order valence-electron chi connectivity index (χ1n) is 8.60. The summed E-state index contributed by atoms with van der Waals surface area (Å²) in [5, 5.41) is 3.54. The third kappa shape index (κ3) is 5.05. The van der Waals surface area contributed by atoms with Crippen molar-refractivity contribution >= 4 is 0 Å². The Morgan fingerprint density at radius 1 is 1.41 bits per heavy atom. The second-order valence-electron chi connectivity index (χ2n) is 6.42. The van der Waals surface area contributed by atoms with Crippen molar-refractivity contribution in [3.05, 3.63) is 59.9 Å². The lowest BCUT2D eigenvalue weighted by Crippen LogP contribution is -2.33. The number of hydrogen-bond acceptors (Lipinski definition) is 1. The summed E-state index contributed by atoms with van der Waals surface area (Å²) < 4.78 is 0. The molecule has 1 N–H and O–H groups in total. The Morgan fingerprint density at radius 2 is 2.14 bits per heavy atom. The van der Waals surface area contributed by atoms with E-state index in [1.807, 2.05) is 6.08 Å². The van der Waals surface area contributed by atoms with Gasteiger partial charge in [0.2, 0.25) is 0 Å². The van der Waals surface area contributed by atoms with Crippen LogP contribution in [0.15, 0.2) is 59.9 Å². The Morgan fingerprint density at radius 3 is 2.73 bits per heavy atom. The average Bonchev–Trinajstić information content (AvgIpc) is 2.52. The Hall–Kier alpha value is -1.50. The maximum absolute atomic E-state index is 3.81. The molecule has 1 heteroatoms. The predicted octanol–water partition coefficient (Wildman–Crippen LogP) is 5.80. The summed E-state index contributed by atoms with van der Waals surface area (Å²) in [7, 11) is 0. The molecule has 1 aliphatic rings. The van der Waals surface area contributed by atoms with E-state index < -0.39 is 0 Å². The molecule has 0 saturated heterocycles. The van der Waals surface area contributed by atoms with E-state index in [-0.39, 0.29) is 0 Å². The SMILES string of the molecule is C=C/C=C\C1=C(C)NCC(C)C1C/C(=C/C=C\C)C(C)CC. The van der Waals surface area contributed by atoms with Crippen LogP contribution in [-0.4, -0.2) is 6.54 Å². The number of hydrogen-bond donors (Lipinski definition) is 1. The van der Waals surface area contributed by atoms with Gasteiger partial charge < -0.3 is 5.32 Å². The number of nitrogens with one attached hydrogen (secondary N) is 1. The van der Waals surface area contributed by atoms with E-state index >= 15 is 0 Å². The highest BCUT2D eigenvalue weighted by atomic mass is 14.9. The van der Waals surface area contributed by atoms with Crippen molar-refractivity contribution in [1.29, 1.82) is 0 Å². The van der Waals surface area contributed by atoms with Gasteiger partial charge in [-0.15, -0.1) is 0 Å². The summed E-state index contributed by atoms with van der Waals surface area (Å²) >= 11 is 0. The molecule has 0 aromatic rings. The van der Waals surface area contributed by atoms with Gasteiger partial charge in [0, 0.05) is 12.2 Å². The average molecular weight is 300 g/mol. The monoisotopic (exact) mass is 299 g/mol. The van der Waals surface area contributed by atoms with Crippen LogP contribution in [0, 0.1) is 17.8 Å². The first kappa shape index (κ1) is 18.5. The molecule has 122 valence electrons. The van der Waals surface area contributed by atoms with Gasteiger partial charge in [0.25, 0.3) is 0 Å². The highest BCUT2D eigenvalue weighted by Crippen LogP contribution is 2.35. The van der Waals surface area contributed by atoms with Crippen molar-refractivity contribution in [3.8, 4) is 0 Å². The van der Waals surface area contributed by atoms with Gasteiger partial charge in [-0.25, -0.2) is 0 Å². The first-order chi connectivity index (χ1) is 10.5. The Bertz CT molecular complexity index is 476. The molecule has 3 atom stereocenters. The molecule has 0 spiro atoms. The van der Waals surface area contributed by atoms with Gasteiger partial charge in [0.1, 0.15) is 0 Å². The molecule has 0 aromatic heterocycles. The van der Waals surface area contributed by atoms with Gasteiger partial charge in [-0.2, -0.15) is 0 Å². The fraction of sp³-hybridized carbons (Fsp3) is 0.524. The normalized spacial score (nSPS) is 24.9. The molecule has 1 nitrogen and oxygen atoms in total. The van der Waals surface area contributed by atoms with E-state index in [1.165, 1.54) is 17.7 Å². The minimum absolute atomic E-state index is 0.586. The maximum Gasteiger partial charge on any atom is 0.0175 e. The Labute approximate surface area is 137 Å². The van der Waals surface area contributed by atoms with E-state index in [1.54, 1.807) is 5.57 Å². The Kier molecular flexibility index (Phi) is 8.01. The minimum Gasteiger partial charge on any atom is -0.388 e. The van der Waals surface area contributed by atoms with Crippen molar-refractivity contribution in [2.24, 2.45) is 17.8 Å². The molecular formula is C21H33N. The zero-order valence-corrected chi connectivity index (χ0v) is 15.0. The highest BCUT2D eigenvalue weighted by molar-refractivity contribution is 5.33. The highest BCUT2D eigenvalue weighted by Gasteiger charge is 2.27. The molecule has 3 unspecified atom stereocenters. The fourth-order valence-electron chi connectivity index (χ4n) is 3.04. The van der Waals surface area contributed by atoms with Crippen LogP contribution in [0.25, 0.3) is 0 Å². The van der Waals surface area contributed by atoms with E-state index in [2.05, 4.69) is 76.9 Å². The second kappa shape index (κ2) is 9.50. The molecule has 0 bridgehead atoms. The number of rotatable bonds is 7. The Balaban J connectivity index is 3.09. The van der Waals surface area contributed by atoms with Crippen LogP contribution in [0.5, 0.6) is 0 Å². The van der Waals surface area contributed by atoms with E-state index in [0.717, 1.165) is 13.0 Å². The van der Waals surface area contributed by atoms with Crippen LogP contribution < -0.4 is 5.32 Å². The minimum atomic E-state index is 0.586. The van der Waals surface area contributed by atoms with Crippen molar-refractivity contribution in [3.63, 3.8) is 0 Å².